The van der Waals surface area contributed by atoms with Gasteiger partial charge in [-0.3, -0.25) is 14.8 Å². The molecular weight excluding hydrogens is 438 g/mol. The fourth-order valence-electron chi connectivity index (χ4n) is 5.35. The lowest BCUT2D eigenvalue weighted by Crippen LogP contribution is -2.60. The van der Waals surface area contributed by atoms with Crippen molar-refractivity contribution in [3.05, 3.63) is 27.3 Å². The minimum absolute atomic E-state index is 0.0578. The molecule has 178 valence electrons. The minimum Gasteiger partial charge on any atom is -0.319 e. The van der Waals surface area contributed by atoms with E-state index in [2.05, 4.69) is 46.2 Å². The molecule has 0 saturated carbocycles. The number of anilines is 1. The highest BCUT2D eigenvalue weighted by molar-refractivity contribution is 7.11. The van der Waals surface area contributed by atoms with E-state index in [0.717, 1.165) is 43.0 Å². The number of nitrogens with one attached hydrogen (secondary N) is 2. The van der Waals surface area contributed by atoms with E-state index in [1.807, 2.05) is 29.0 Å². The van der Waals surface area contributed by atoms with Gasteiger partial charge in [0.25, 0.3) is 5.91 Å². The average Bonchev–Trinajstić information content (AvgIpc) is 3.52. The third-order valence-corrected chi connectivity index (χ3v) is 8.28. The number of aromatic nitrogens is 3. The first-order valence-electron chi connectivity index (χ1n) is 11.8. The van der Waals surface area contributed by atoms with Crippen LogP contribution in [0.5, 0.6) is 0 Å². The summed E-state index contributed by atoms with van der Waals surface area (Å²) in [6.45, 7) is 13.6. The Morgan fingerprint density at radius 2 is 2.09 bits per heavy atom. The van der Waals surface area contributed by atoms with Gasteiger partial charge in [0.15, 0.2) is 10.8 Å². The Morgan fingerprint density at radius 3 is 2.82 bits per heavy atom. The molecule has 0 bridgehead atoms. The van der Waals surface area contributed by atoms with E-state index in [0.29, 0.717) is 23.4 Å². The lowest BCUT2D eigenvalue weighted by atomic mass is 10.0. The predicted octanol–water partition coefficient (Wildman–Crippen LogP) is 3.58. The Bertz CT molecular complexity index is 1070. The maximum absolute atomic E-state index is 13.7. The molecule has 2 atom stereocenters. The van der Waals surface area contributed by atoms with Crippen molar-refractivity contribution in [2.75, 3.05) is 25.0 Å². The van der Waals surface area contributed by atoms with Gasteiger partial charge in [-0.25, -0.2) is 9.78 Å². The van der Waals surface area contributed by atoms with E-state index in [1.54, 1.807) is 0 Å². The number of H-pyrrole nitrogens is 1. The molecule has 2 aromatic rings. The van der Waals surface area contributed by atoms with Crippen molar-refractivity contribution < 1.29 is 9.59 Å². The highest BCUT2D eigenvalue weighted by atomic mass is 32.1. The summed E-state index contributed by atoms with van der Waals surface area (Å²) < 4.78 is 0. The quantitative estimate of drug-likeness (QED) is 0.713. The fourth-order valence-corrected chi connectivity index (χ4v) is 6.22. The Hall–Kier alpha value is -2.46. The summed E-state index contributed by atoms with van der Waals surface area (Å²) in [6, 6.07) is 0.709. The zero-order valence-electron chi connectivity index (χ0n) is 20.0. The molecule has 2 N–H and O–H groups in total. The van der Waals surface area contributed by atoms with E-state index >= 15 is 0 Å². The summed E-state index contributed by atoms with van der Waals surface area (Å²) in [4.78, 5) is 37.4. The van der Waals surface area contributed by atoms with Gasteiger partial charge >= 0.3 is 6.03 Å². The number of hydrogen-bond acceptors (Lipinski definition) is 6. The second kappa shape index (κ2) is 8.09. The topological polar surface area (TPSA) is 97.5 Å². The summed E-state index contributed by atoms with van der Waals surface area (Å²) in [5.41, 5.74) is 2.11. The van der Waals surface area contributed by atoms with Crippen molar-refractivity contribution in [3.8, 4) is 0 Å². The van der Waals surface area contributed by atoms with E-state index in [1.165, 1.54) is 17.8 Å². The molecule has 3 amide bonds. The number of rotatable bonds is 3. The molecule has 2 aromatic heterocycles. The minimum atomic E-state index is -0.541. The number of hydrogen-bond donors (Lipinski definition) is 2. The summed E-state index contributed by atoms with van der Waals surface area (Å²) in [5.74, 6) is 0.481. The summed E-state index contributed by atoms with van der Waals surface area (Å²) in [5, 5.41) is 12.7. The Morgan fingerprint density at radius 1 is 1.30 bits per heavy atom. The predicted molar refractivity (Wildman–Crippen MR) is 127 cm³/mol. The largest absolute Gasteiger partial charge is 0.321 e. The smallest absolute Gasteiger partial charge is 0.319 e. The first-order valence-corrected chi connectivity index (χ1v) is 12.7. The molecule has 2 saturated heterocycles. The van der Waals surface area contributed by atoms with Crippen LogP contribution < -0.4 is 5.32 Å². The number of thiazole rings is 1. The molecule has 9 nitrogen and oxygen atoms in total. The van der Waals surface area contributed by atoms with E-state index in [-0.39, 0.29) is 23.9 Å². The Kier molecular flexibility index (Phi) is 5.48. The van der Waals surface area contributed by atoms with E-state index in [4.69, 9.17) is 0 Å². The van der Waals surface area contributed by atoms with Crippen molar-refractivity contribution in [1.29, 1.82) is 0 Å². The van der Waals surface area contributed by atoms with E-state index < -0.39 is 5.54 Å². The van der Waals surface area contributed by atoms with Crippen LogP contribution in [-0.4, -0.2) is 73.5 Å². The molecule has 5 rings (SSSR count). The lowest BCUT2D eigenvalue weighted by Gasteiger charge is -2.45. The highest BCUT2D eigenvalue weighted by Crippen LogP contribution is 2.42. The molecule has 0 radical (unpaired) electrons. The number of amides is 3. The van der Waals surface area contributed by atoms with Gasteiger partial charge in [-0.15, -0.1) is 11.3 Å². The zero-order valence-corrected chi connectivity index (χ0v) is 20.8. The molecule has 0 aliphatic carbocycles. The molecule has 0 unspecified atom stereocenters. The summed E-state index contributed by atoms with van der Waals surface area (Å²) in [7, 11) is 0. The average molecular weight is 472 g/mol. The van der Waals surface area contributed by atoms with Gasteiger partial charge < -0.3 is 15.1 Å². The molecule has 2 fully saturated rings. The maximum Gasteiger partial charge on any atom is 0.321 e. The van der Waals surface area contributed by atoms with Gasteiger partial charge in [0.1, 0.15) is 0 Å². The first kappa shape index (κ1) is 22.3. The molecular formula is C23H33N7O2S. The number of aromatic amines is 1. The molecule has 3 aliphatic rings. The van der Waals surface area contributed by atoms with Gasteiger partial charge in [-0.05, 0) is 46.1 Å². The number of carbonyl (C=O) groups excluding carboxylic acids is 2. The van der Waals surface area contributed by atoms with Crippen molar-refractivity contribution in [2.24, 2.45) is 0 Å². The second-order valence-corrected chi connectivity index (χ2v) is 11.2. The lowest BCUT2D eigenvalue weighted by molar-refractivity contribution is 0.0454. The molecule has 33 heavy (non-hydrogen) atoms. The Labute approximate surface area is 198 Å². The number of nitrogens with zero attached hydrogens (tertiary/aromatic N) is 5. The number of piperazine rings is 1. The highest BCUT2D eigenvalue weighted by Gasteiger charge is 2.47. The van der Waals surface area contributed by atoms with Gasteiger partial charge in [0, 0.05) is 36.1 Å². The molecule has 0 aromatic carbocycles. The van der Waals surface area contributed by atoms with Crippen LogP contribution in [0.4, 0.5) is 10.6 Å². The van der Waals surface area contributed by atoms with E-state index in [9.17, 15) is 9.59 Å². The van der Waals surface area contributed by atoms with Crippen LogP contribution in [0.3, 0.4) is 0 Å². The first-order chi connectivity index (χ1) is 15.7. The molecule has 5 heterocycles. The van der Waals surface area contributed by atoms with Crippen LogP contribution in [0.25, 0.3) is 0 Å². The number of urea groups is 1. The molecule has 10 heteroatoms. The van der Waals surface area contributed by atoms with Gasteiger partial charge in [-0.1, -0.05) is 13.8 Å². The van der Waals surface area contributed by atoms with Gasteiger partial charge in [0.05, 0.1) is 23.5 Å². The monoisotopic (exact) mass is 471 g/mol. The van der Waals surface area contributed by atoms with Gasteiger partial charge in [-0.2, -0.15) is 5.10 Å². The second-order valence-electron chi connectivity index (χ2n) is 10.3. The van der Waals surface area contributed by atoms with Crippen LogP contribution in [0.15, 0.2) is 5.38 Å². The summed E-state index contributed by atoms with van der Waals surface area (Å²) in [6.07, 6.45) is 2.37. The normalized spacial score (nSPS) is 24.3. The van der Waals surface area contributed by atoms with Crippen molar-refractivity contribution in [3.63, 3.8) is 0 Å². The van der Waals surface area contributed by atoms with Crippen LogP contribution in [0.2, 0.25) is 0 Å². The Balaban J connectivity index is 1.33. The van der Waals surface area contributed by atoms with Crippen molar-refractivity contribution in [1.82, 2.24) is 29.9 Å². The van der Waals surface area contributed by atoms with Crippen molar-refractivity contribution in [2.45, 2.75) is 77.5 Å². The summed E-state index contributed by atoms with van der Waals surface area (Å²) >= 11 is 1.34. The van der Waals surface area contributed by atoms with Crippen LogP contribution in [-0.2, 0) is 12.1 Å². The SMILES string of the molecule is CC(C)c1csc(C(=O)Nc2n[nH]c3c2CN(C(=O)N2C[C@@H]4CCCN4C[C@@H]2C)C3(C)C)n1. The maximum atomic E-state index is 13.7. The number of carbonyl (C=O) groups is 2. The molecule has 0 spiro atoms. The third kappa shape index (κ3) is 3.73. The van der Waals surface area contributed by atoms with Crippen molar-refractivity contribution >= 4 is 29.1 Å². The standard InChI is InChI=1S/C23H33N7O2S/c1-13(2)17-12-33-21(24-17)20(31)25-19-16-11-30(23(4,5)18(16)26-27-19)22(32)29-10-15-7-6-8-28(15)9-14(29)3/h12-15H,6-11H2,1-5H3,(H2,25,26,27,31)/t14-,15-/m0/s1. The van der Waals surface area contributed by atoms with Gasteiger partial charge in [0.2, 0.25) is 0 Å². The van der Waals surface area contributed by atoms with Crippen LogP contribution in [0, 0.1) is 0 Å². The fraction of sp³-hybridized carbons (Fsp3) is 0.652. The number of fused-ring (bicyclic) bond motifs is 2. The van der Waals surface area contributed by atoms with Crippen LogP contribution >= 0.6 is 11.3 Å². The third-order valence-electron chi connectivity index (χ3n) is 7.42. The molecule has 3 aliphatic heterocycles. The zero-order chi connectivity index (χ0) is 23.5. The van der Waals surface area contributed by atoms with Crippen LogP contribution in [0.1, 0.15) is 80.1 Å².